The van der Waals surface area contributed by atoms with Crippen LogP contribution in [0.2, 0.25) is 0 Å². The molecule has 1 N–H and O–H groups in total. The van der Waals surface area contributed by atoms with Crippen molar-refractivity contribution < 1.29 is 0 Å². The number of benzene rings is 1. The standard InChI is InChI=1S/C14H17N3/c1-10-5-4-6-12(7-10)14-16-11(2)8-13(17-14)9-15-3/h4-8,15H,9H2,1-3H3. The molecule has 17 heavy (non-hydrogen) atoms. The first-order valence-corrected chi connectivity index (χ1v) is 5.75. The maximum atomic E-state index is 4.56. The minimum Gasteiger partial charge on any atom is -0.314 e. The molecule has 3 heteroatoms. The van der Waals surface area contributed by atoms with Crippen LogP contribution in [-0.2, 0) is 6.54 Å². The molecule has 0 saturated heterocycles. The van der Waals surface area contributed by atoms with E-state index in [0.29, 0.717) is 0 Å². The molecule has 0 fully saturated rings. The van der Waals surface area contributed by atoms with Gasteiger partial charge in [-0.1, -0.05) is 23.8 Å². The Kier molecular flexibility index (Phi) is 3.49. The number of rotatable bonds is 3. The van der Waals surface area contributed by atoms with E-state index in [0.717, 1.165) is 29.3 Å². The molecule has 0 amide bonds. The lowest BCUT2D eigenvalue weighted by Crippen LogP contribution is -2.08. The highest BCUT2D eigenvalue weighted by Crippen LogP contribution is 2.17. The summed E-state index contributed by atoms with van der Waals surface area (Å²) >= 11 is 0. The molecule has 0 aliphatic carbocycles. The minimum absolute atomic E-state index is 0.766. The van der Waals surface area contributed by atoms with Gasteiger partial charge in [0, 0.05) is 17.8 Å². The second-order valence-electron chi connectivity index (χ2n) is 4.22. The van der Waals surface area contributed by atoms with Gasteiger partial charge in [-0.05, 0) is 33.0 Å². The second-order valence-corrected chi connectivity index (χ2v) is 4.22. The molecule has 0 radical (unpaired) electrons. The lowest BCUT2D eigenvalue weighted by atomic mass is 10.1. The fraction of sp³-hybridized carbons (Fsp3) is 0.286. The molecule has 88 valence electrons. The van der Waals surface area contributed by atoms with E-state index in [1.54, 1.807) is 0 Å². The van der Waals surface area contributed by atoms with Crippen LogP contribution in [0.25, 0.3) is 11.4 Å². The molecule has 0 spiro atoms. The molecule has 1 heterocycles. The van der Waals surface area contributed by atoms with E-state index >= 15 is 0 Å². The van der Waals surface area contributed by atoms with Gasteiger partial charge in [-0.2, -0.15) is 0 Å². The highest BCUT2D eigenvalue weighted by molar-refractivity contribution is 5.56. The largest absolute Gasteiger partial charge is 0.314 e. The zero-order chi connectivity index (χ0) is 12.3. The average Bonchev–Trinajstić information content (AvgIpc) is 2.28. The van der Waals surface area contributed by atoms with Crippen LogP contribution in [0.5, 0.6) is 0 Å². The van der Waals surface area contributed by atoms with Crippen molar-refractivity contribution in [2.24, 2.45) is 0 Å². The van der Waals surface area contributed by atoms with Crippen molar-refractivity contribution in [2.75, 3.05) is 7.05 Å². The summed E-state index contributed by atoms with van der Waals surface area (Å²) in [6.07, 6.45) is 0. The van der Waals surface area contributed by atoms with Crippen molar-refractivity contribution in [1.29, 1.82) is 0 Å². The third-order valence-electron chi connectivity index (χ3n) is 2.54. The van der Waals surface area contributed by atoms with Gasteiger partial charge in [0.1, 0.15) is 0 Å². The Morgan fingerprint density at radius 2 is 1.94 bits per heavy atom. The first-order chi connectivity index (χ1) is 8.19. The summed E-state index contributed by atoms with van der Waals surface area (Å²) in [5, 5.41) is 3.11. The molecule has 0 bridgehead atoms. The predicted octanol–water partition coefficient (Wildman–Crippen LogP) is 2.48. The molecule has 3 nitrogen and oxygen atoms in total. The Bertz CT molecular complexity index is 521. The average molecular weight is 227 g/mol. The van der Waals surface area contributed by atoms with E-state index < -0.39 is 0 Å². The van der Waals surface area contributed by atoms with E-state index in [-0.39, 0.29) is 0 Å². The van der Waals surface area contributed by atoms with E-state index in [1.165, 1.54) is 5.56 Å². The van der Waals surface area contributed by atoms with Crippen molar-refractivity contribution in [1.82, 2.24) is 15.3 Å². The van der Waals surface area contributed by atoms with Gasteiger partial charge >= 0.3 is 0 Å². The lowest BCUT2D eigenvalue weighted by molar-refractivity contribution is 0.785. The van der Waals surface area contributed by atoms with Crippen LogP contribution < -0.4 is 5.32 Å². The first kappa shape index (κ1) is 11.7. The van der Waals surface area contributed by atoms with Crippen LogP contribution in [0.3, 0.4) is 0 Å². The van der Waals surface area contributed by atoms with Crippen LogP contribution >= 0.6 is 0 Å². The quantitative estimate of drug-likeness (QED) is 0.875. The third-order valence-corrected chi connectivity index (χ3v) is 2.54. The van der Waals surface area contributed by atoms with Crippen LogP contribution in [0.4, 0.5) is 0 Å². The fourth-order valence-electron chi connectivity index (χ4n) is 1.82. The summed E-state index contributed by atoms with van der Waals surface area (Å²) in [4.78, 5) is 9.05. The summed E-state index contributed by atoms with van der Waals surface area (Å²) in [6, 6.07) is 10.3. The first-order valence-electron chi connectivity index (χ1n) is 5.75. The highest BCUT2D eigenvalue weighted by Gasteiger charge is 2.04. The SMILES string of the molecule is CNCc1cc(C)nc(-c2cccc(C)c2)n1. The van der Waals surface area contributed by atoms with Gasteiger partial charge < -0.3 is 5.32 Å². The summed E-state index contributed by atoms with van der Waals surface area (Å²) in [6.45, 7) is 4.84. The third kappa shape index (κ3) is 2.88. The number of hydrogen-bond donors (Lipinski definition) is 1. The Morgan fingerprint density at radius 1 is 1.12 bits per heavy atom. The Morgan fingerprint density at radius 3 is 2.65 bits per heavy atom. The molecule has 0 aliphatic rings. The maximum absolute atomic E-state index is 4.56. The van der Waals surface area contributed by atoms with Crippen LogP contribution in [0, 0.1) is 13.8 Å². The van der Waals surface area contributed by atoms with Gasteiger partial charge in [0.2, 0.25) is 0 Å². The van der Waals surface area contributed by atoms with Gasteiger partial charge in [-0.25, -0.2) is 9.97 Å². The molecule has 0 saturated carbocycles. The minimum atomic E-state index is 0.766. The second kappa shape index (κ2) is 5.06. The Balaban J connectivity index is 2.44. The van der Waals surface area contributed by atoms with Crippen molar-refractivity contribution in [3.63, 3.8) is 0 Å². The summed E-state index contributed by atoms with van der Waals surface area (Å²) in [7, 11) is 1.92. The molecule has 0 unspecified atom stereocenters. The van der Waals surface area contributed by atoms with Gasteiger partial charge in [0.15, 0.2) is 5.82 Å². The summed E-state index contributed by atoms with van der Waals surface area (Å²) < 4.78 is 0. The topological polar surface area (TPSA) is 37.8 Å². The van der Waals surface area contributed by atoms with Crippen molar-refractivity contribution in [3.05, 3.63) is 47.3 Å². The molecule has 1 aromatic carbocycles. The molecule has 2 rings (SSSR count). The molecular weight excluding hydrogens is 210 g/mol. The highest BCUT2D eigenvalue weighted by atomic mass is 14.9. The van der Waals surface area contributed by atoms with Gasteiger partial charge in [-0.15, -0.1) is 0 Å². The zero-order valence-corrected chi connectivity index (χ0v) is 10.5. The zero-order valence-electron chi connectivity index (χ0n) is 10.5. The van der Waals surface area contributed by atoms with Crippen LogP contribution in [0.1, 0.15) is 17.0 Å². The smallest absolute Gasteiger partial charge is 0.159 e. The van der Waals surface area contributed by atoms with E-state index in [9.17, 15) is 0 Å². The number of hydrogen-bond acceptors (Lipinski definition) is 3. The normalized spacial score (nSPS) is 10.5. The van der Waals surface area contributed by atoms with Crippen molar-refractivity contribution >= 4 is 0 Å². The van der Waals surface area contributed by atoms with Gasteiger partial charge in [-0.3, -0.25) is 0 Å². The summed E-state index contributed by atoms with van der Waals surface area (Å²) in [5.41, 5.74) is 4.33. The number of nitrogens with one attached hydrogen (secondary N) is 1. The number of aryl methyl sites for hydroxylation is 2. The summed E-state index contributed by atoms with van der Waals surface area (Å²) in [5.74, 6) is 0.805. The van der Waals surface area contributed by atoms with Crippen molar-refractivity contribution in [2.45, 2.75) is 20.4 Å². The van der Waals surface area contributed by atoms with E-state index in [2.05, 4.69) is 34.3 Å². The monoisotopic (exact) mass is 227 g/mol. The van der Waals surface area contributed by atoms with Crippen LogP contribution in [-0.4, -0.2) is 17.0 Å². The van der Waals surface area contributed by atoms with Gasteiger partial charge in [0.05, 0.1) is 5.69 Å². The molecular formula is C14H17N3. The maximum Gasteiger partial charge on any atom is 0.159 e. The lowest BCUT2D eigenvalue weighted by Gasteiger charge is -2.06. The molecule has 2 aromatic rings. The molecule has 0 aliphatic heterocycles. The fourth-order valence-corrected chi connectivity index (χ4v) is 1.82. The van der Waals surface area contributed by atoms with Crippen molar-refractivity contribution in [3.8, 4) is 11.4 Å². The Hall–Kier alpha value is -1.74. The van der Waals surface area contributed by atoms with E-state index in [1.807, 2.05) is 32.2 Å². The van der Waals surface area contributed by atoms with Crippen LogP contribution in [0.15, 0.2) is 30.3 Å². The molecule has 0 atom stereocenters. The van der Waals surface area contributed by atoms with E-state index in [4.69, 9.17) is 0 Å². The Labute approximate surface area is 102 Å². The number of nitrogens with zero attached hydrogens (tertiary/aromatic N) is 2. The predicted molar refractivity (Wildman–Crippen MR) is 69.7 cm³/mol. The molecule has 1 aromatic heterocycles. The van der Waals surface area contributed by atoms with Gasteiger partial charge in [0.25, 0.3) is 0 Å². The number of aromatic nitrogens is 2.